The van der Waals surface area contributed by atoms with Crippen molar-refractivity contribution in [2.45, 2.75) is 38.3 Å². The van der Waals surface area contributed by atoms with Crippen LogP contribution in [0.3, 0.4) is 0 Å². The number of rotatable bonds is 1. The summed E-state index contributed by atoms with van der Waals surface area (Å²) in [4.78, 5) is 0. The van der Waals surface area contributed by atoms with Gasteiger partial charge < -0.3 is 0 Å². The Labute approximate surface area is 43.7 Å². The molecule has 1 saturated carbocycles. The molecule has 0 nitrogen and oxygen atoms in total. The molecule has 1 aliphatic rings. The molecule has 42 valence electrons. The molecule has 1 rings (SSSR count). The first-order valence-corrected chi connectivity index (χ1v) is 2.96. The molecule has 0 saturated heterocycles. The van der Waals surface area contributed by atoms with Crippen molar-refractivity contribution in [3.8, 4) is 0 Å². The summed E-state index contributed by atoms with van der Waals surface area (Å²) >= 11 is 0. The lowest BCUT2D eigenvalue weighted by Gasteiger charge is -2.32. The maximum Gasteiger partial charge on any atom is 0.110 e. The largest absolute Gasteiger partial charge is 0.244 e. The lowest BCUT2D eigenvalue weighted by molar-refractivity contribution is 0.0595. The Morgan fingerprint density at radius 3 is 2.14 bits per heavy atom. The maximum absolute atomic E-state index is 12.6. The minimum absolute atomic E-state index is 0.715. The zero-order valence-electron chi connectivity index (χ0n) is 4.71. The second-order valence-electron chi connectivity index (χ2n) is 2.36. The molecule has 0 heterocycles. The molecule has 0 unspecified atom stereocenters. The van der Waals surface area contributed by atoms with E-state index in [4.69, 9.17) is 0 Å². The van der Waals surface area contributed by atoms with Crippen molar-refractivity contribution in [3.05, 3.63) is 0 Å². The van der Waals surface area contributed by atoms with Crippen LogP contribution in [-0.4, -0.2) is 5.67 Å². The van der Waals surface area contributed by atoms with Gasteiger partial charge in [-0.3, -0.25) is 0 Å². The molecule has 0 radical (unpaired) electrons. The van der Waals surface area contributed by atoms with E-state index in [1.54, 1.807) is 0 Å². The topological polar surface area (TPSA) is 0 Å². The second-order valence-corrected chi connectivity index (χ2v) is 2.36. The number of alkyl halides is 1. The summed E-state index contributed by atoms with van der Waals surface area (Å²) in [6.07, 6.45) is 3.43. The van der Waals surface area contributed by atoms with Crippen molar-refractivity contribution in [2.75, 3.05) is 0 Å². The van der Waals surface area contributed by atoms with E-state index < -0.39 is 5.67 Å². The molecule has 0 N–H and O–H groups in total. The molecule has 0 amide bonds. The molecule has 0 aliphatic heterocycles. The molecule has 1 fully saturated rings. The van der Waals surface area contributed by atoms with Crippen molar-refractivity contribution >= 4 is 0 Å². The highest BCUT2D eigenvalue weighted by atomic mass is 19.1. The third kappa shape index (κ3) is 0.767. The van der Waals surface area contributed by atoms with Gasteiger partial charge in [-0.05, 0) is 25.7 Å². The first-order valence-electron chi connectivity index (χ1n) is 2.96. The average molecular weight is 102 g/mol. The van der Waals surface area contributed by atoms with Crippen LogP contribution in [0.5, 0.6) is 0 Å². The van der Waals surface area contributed by atoms with Crippen molar-refractivity contribution in [1.82, 2.24) is 0 Å². The third-order valence-electron chi connectivity index (χ3n) is 1.88. The van der Waals surface area contributed by atoms with Crippen molar-refractivity contribution < 1.29 is 4.39 Å². The number of hydrogen-bond acceptors (Lipinski definition) is 0. The van der Waals surface area contributed by atoms with Crippen LogP contribution in [-0.2, 0) is 0 Å². The van der Waals surface area contributed by atoms with Crippen molar-refractivity contribution in [3.63, 3.8) is 0 Å². The highest BCUT2D eigenvalue weighted by Crippen LogP contribution is 2.38. The van der Waals surface area contributed by atoms with Gasteiger partial charge >= 0.3 is 0 Å². The fraction of sp³-hybridized carbons (Fsp3) is 1.00. The van der Waals surface area contributed by atoms with Gasteiger partial charge in [-0.1, -0.05) is 6.92 Å². The Kier molecular flexibility index (Phi) is 1.06. The SMILES string of the molecule is CCC1(F)CCC1. The lowest BCUT2D eigenvalue weighted by Crippen LogP contribution is -2.30. The standard InChI is InChI=1S/C6H11F/c1-2-6(7)4-3-5-6/h2-5H2,1H3. The Morgan fingerprint density at radius 1 is 1.57 bits per heavy atom. The predicted octanol–water partition coefficient (Wildman–Crippen LogP) is 2.29. The fourth-order valence-corrected chi connectivity index (χ4v) is 0.914. The van der Waals surface area contributed by atoms with Gasteiger partial charge in [0.15, 0.2) is 0 Å². The third-order valence-corrected chi connectivity index (χ3v) is 1.88. The first-order chi connectivity index (χ1) is 3.27. The van der Waals surface area contributed by atoms with Crippen molar-refractivity contribution in [2.24, 2.45) is 0 Å². The molecular formula is C6H11F. The van der Waals surface area contributed by atoms with Gasteiger partial charge in [0.2, 0.25) is 0 Å². The minimum atomic E-state index is -0.736. The Morgan fingerprint density at radius 2 is 2.14 bits per heavy atom. The predicted molar refractivity (Wildman–Crippen MR) is 28.0 cm³/mol. The van der Waals surface area contributed by atoms with E-state index in [1.807, 2.05) is 6.92 Å². The molecule has 0 aromatic heterocycles. The van der Waals surface area contributed by atoms with Gasteiger partial charge in [-0.25, -0.2) is 4.39 Å². The summed E-state index contributed by atoms with van der Waals surface area (Å²) in [6, 6.07) is 0. The van der Waals surface area contributed by atoms with Crippen LogP contribution in [0.4, 0.5) is 4.39 Å². The number of halogens is 1. The van der Waals surface area contributed by atoms with E-state index >= 15 is 0 Å². The zero-order chi connectivity index (χ0) is 5.33. The normalized spacial score (nSPS) is 26.6. The van der Waals surface area contributed by atoms with Gasteiger partial charge in [-0.2, -0.15) is 0 Å². The summed E-state index contributed by atoms with van der Waals surface area (Å²) in [5, 5.41) is 0. The van der Waals surface area contributed by atoms with Crippen LogP contribution in [0, 0.1) is 0 Å². The van der Waals surface area contributed by atoms with Gasteiger partial charge in [0.1, 0.15) is 5.67 Å². The minimum Gasteiger partial charge on any atom is -0.244 e. The molecule has 0 atom stereocenters. The van der Waals surface area contributed by atoms with Crippen molar-refractivity contribution in [1.29, 1.82) is 0 Å². The lowest BCUT2D eigenvalue weighted by atomic mass is 9.80. The Hall–Kier alpha value is -0.0700. The number of hydrogen-bond donors (Lipinski definition) is 0. The molecule has 0 bridgehead atoms. The van der Waals surface area contributed by atoms with Gasteiger partial charge in [0, 0.05) is 0 Å². The fourth-order valence-electron chi connectivity index (χ4n) is 0.914. The molecule has 0 spiro atoms. The molecular weight excluding hydrogens is 91.1 g/mol. The second kappa shape index (κ2) is 1.46. The van der Waals surface area contributed by atoms with Gasteiger partial charge in [-0.15, -0.1) is 0 Å². The van der Waals surface area contributed by atoms with E-state index in [1.165, 1.54) is 0 Å². The average Bonchev–Trinajstić information content (AvgIpc) is 1.61. The summed E-state index contributed by atoms with van der Waals surface area (Å²) in [5.41, 5.74) is -0.736. The van der Waals surface area contributed by atoms with E-state index in [2.05, 4.69) is 0 Å². The van der Waals surface area contributed by atoms with Gasteiger partial charge in [0.05, 0.1) is 0 Å². The summed E-state index contributed by atoms with van der Waals surface area (Å²) in [6.45, 7) is 1.92. The first kappa shape index (κ1) is 5.07. The summed E-state index contributed by atoms with van der Waals surface area (Å²) in [7, 11) is 0. The molecule has 1 aliphatic carbocycles. The Balaban J connectivity index is 2.29. The van der Waals surface area contributed by atoms with E-state index in [0.29, 0.717) is 6.42 Å². The van der Waals surface area contributed by atoms with E-state index in [-0.39, 0.29) is 0 Å². The highest BCUT2D eigenvalue weighted by molar-refractivity contribution is 4.86. The molecule has 7 heavy (non-hydrogen) atoms. The molecule has 0 aromatic rings. The summed E-state index contributed by atoms with van der Waals surface area (Å²) < 4.78 is 12.6. The zero-order valence-corrected chi connectivity index (χ0v) is 4.71. The van der Waals surface area contributed by atoms with Crippen LogP contribution in [0.1, 0.15) is 32.6 Å². The molecule has 1 heteroatoms. The summed E-state index contributed by atoms with van der Waals surface area (Å²) in [5.74, 6) is 0. The van der Waals surface area contributed by atoms with E-state index in [9.17, 15) is 4.39 Å². The van der Waals surface area contributed by atoms with Crippen LogP contribution < -0.4 is 0 Å². The van der Waals surface area contributed by atoms with Crippen LogP contribution in [0.25, 0.3) is 0 Å². The van der Waals surface area contributed by atoms with Crippen LogP contribution in [0.2, 0.25) is 0 Å². The highest BCUT2D eigenvalue weighted by Gasteiger charge is 2.34. The van der Waals surface area contributed by atoms with Gasteiger partial charge in [0.25, 0.3) is 0 Å². The monoisotopic (exact) mass is 102 g/mol. The Bertz CT molecular complexity index is 59.1. The maximum atomic E-state index is 12.6. The molecule has 0 aromatic carbocycles. The quantitative estimate of drug-likeness (QED) is 0.476. The van der Waals surface area contributed by atoms with Crippen LogP contribution >= 0.6 is 0 Å². The van der Waals surface area contributed by atoms with Crippen LogP contribution in [0.15, 0.2) is 0 Å². The smallest absolute Gasteiger partial charge is 0.110 e. The van der Waals surface area contributed by atoms with E-state index in [0.717, 1.165) is 19.3 Å².